The lowest BCUT2D eigenvalue weighted by Gasteiger charge is -2.30. The van der Waals surface area contributed by atoms with E-state index in [9.17, 15) is 4.39 Å². The average Bonchev–Trinajstić information content (AvgIpc) is 2.47. The van der Waals surface area contributed by atoms with Gasteiger partial charge in [0.15, 0.2) is 0 Å². The van der Waals surface area contributed by atoms with E-state index >= 15 is 0 Å². The lowest BCUT2D eigenvalue weighted by atomic mass is 10.0. The van der Waals surface area contributed by atoms with Gasteiger partial charge in [-0.2, -0.15) is 0 Å². The summed E-state index contributed by atoms with van der Waals surface area (Å²) < 4.78 is 19.3. The molecule has 1 aromatic carbocycles. The number of hydrogen-bond acceptors (Lipinski definition) is 3. The highest BCUT2D eigenvalue weighted by atomic mass is 19.1. The minimum Gasteiger partial charge on any atom is -0.376 e. The zero-order valence-corrected chi connectivity index (χ0v) is 12.7. The van der Waals surface area contributed by atoms with Gasteiger partial charge in [0, 0.05) is 31.9 Å². The smallest absolute Gasteiger partial charge is 0.123 e. The number of anilines is 1. The Balaban J connectivity index is 2.13. The van der Waals surface area contributed by atoms with E-state index in [-0.39, 0.29) is 18.0 Å². The van der Waals surface area contributed by atoms with Gasteiger partial charge in [0.1, 0.15) is 5.82 Å². The molecule has 0 aromatic heterocycles. The van der Waals surface area contributed by atoms with Crippen LogP contribution in [0.15, 0.2) is 18.2 Å². The summed E-state index contributed by atoms with van der Waals surface area (Å²) in [5.74, 6) is -0.187. The summed E-state index contributed by atoms with van der Waals surface area (Å²) in [7, 11) is 3.95. The molecule has 3 nitrogen and oxygen atoms in total. The van der Waals surface area contributed by atoms with Crippen LogP contribution in [-0.4, -0.2) is 33.4 Å². The van der Waals surface area contributed by atoms with E-state index in [1.54, 1.807) is 6.07 Å². The molecule has 0 aliphatic carbocycles. The largest absolute Gasteiger partial charge is 0.376 e. The maximum Gasteiger partial charge on any atom is 0.123 e. The molecule has 0 spiro atoms. The van der Waals surface area contributed by atoms with E-state index in [0.29, 0.717) is 0 Å². The Kier molecular flexibility index (Phi) is 5.38. The van der Waals surface area contributed by atoms with Gasteiger partial charge in [-0.25, -0.2) is 4.39 Å². The third-order valence-corrected chi connectivity index (χ3v) is 4.05. The van der Waals surface area contributed by atoms with Crippen LogP contribution in [0.2, 0.25) is 0 Å². The Hall–Kier alpha value is -1.13. The van der Waals surface area contributed by atoms with Crippen molar-refractivity contribution in [2.45, 2.75) is 38.3 Å². The maximum absolute atomic E-state index is 13.5. The highest BCUT2D eigenvalue weighted by Gasteiger charge is 2.19. The Labute approximate surface area is 121 Å². The minimum atomic E-state index is -0.187. The van der Waals surface area contributed by atoms with Crippen molar-refractivity contribution in [3.63, 3.8) is 0 Å². The second-order valence-corrected chi connectivity index (χ2v) is 5.58. The van der Waals surface area contributed by atoms with Crippen LogP contribution in [0.3, 0.4) is 0 Å². The van der Waals surface area contributed by atoms with Gasteiger partial charge in [-0.3, -0.25) is 0 Å². The lowest BCUT2D eigenvalue weighted by molar-refractivity contribution is 0.0216. The quantitative estimate of drug-likeness (QED) is 0.897. The monoisotopic (exact) mass is 280 g/mol. The van der Waals surface area contributed by atoms with Crippen molar-refractivity contribution >= 4 is 5.69 Å². The fourth-order valence-corrected chi connectivity index (χ4v) is 2.73. The van der Waals surface area contributed by atoms with Crippen molar-refractivity contribution in [2.75, 3.05) is 32.1 Å². The molecule has 1 N–H and O–H groups in total. The second-order valence-electron chi connectivity index (χ2n) is 5.58. The molecule has 0 saturated carbocycles. The van der Waals surface area contributed by atoms with Crippen molar-refractivity contribution in [2.24, 2.45) is 0 Å². The van der Waals surface area contributed by atoms with Crippen LogP contribution in [0.25, 0.3) is 0 Å². The first-order valence-electron chi connectivity index (χ1n) is 7.41. The van der Waals surface area contributed by atoms with Crippen molar-refractivity contribution < 1.29 is 9.13 Å². The normalized spacial score (nSPS) is 20.7. The Bertz CT molecular complexity index is 432. The van der Waals surface area contributed by atoms with Crippen molar-refractivity contribution in [1.29, 1.82) is 0 Å². The number of ether oxygens (including phenoxy) is 1. The number of nitrogens with one attached hydrogen (secondary N) is 1. The molecule has 1 aliphatic heterocycles. The van der Waals surface area contributed by atoms with Crippen LogP contribution >= 0.6 is 0 Å². The second kappa shape index (κ2) is 7.04. The van der Waals surface area contributed by atoms with Crippen molar-refractivity contribution in [1.82, 2.24) is 5.32 Å². The molecule has 1 aliphatic rings. The third kappa shape index (κ3) is 3.70. The van der Waals surface area contributed by atoms with E-state index in [4.69, 9.17) is 4.74 Å². The molecular formula is C16H25FN2O. The van der Waals surface area contributed by atoms with Crippen molar-refractivity contribution in [3.05, 3.63) is 29.6 Å². The third-order valence-electron chi connectivity index (χ3n) is 4.05. The summed E-state index contributed by atoms with van der Waals surface area (Å²) in [4.78, 5) is 2.18. The van der Waals surface area contributed by atoms with E-state index in [1.165, 1.54) is 18.9 Å². The topological polar surface area (TPSA) is 24.5 Å². The predicted octanol–water partition coefficient (Wildman–Crippen LogP) is 3.11. The van der Waals surface area contributed by atoms with E-state index in [1.807, 2.05) is 20.0 Å². The van der Waals surface area contributed by atoms with Crippen LogP contribution in [0.1, 0.15) is 37.8 Å². The number of nitrogens with zero attached hydrogens (tertiary/aromatic N) is 1. The molecule has 2 atom stereocenters. The molecule has 0 amide bonds. The molecule has 1 heterocycles. The van der Waals surface area contributed by atoms with Crippen LogP contribution in [0.4, 0.5) is 10.1 Å². The van der Waals surface area contributed by atoms with Gasteiger partial charge >= 0.3 is 0 Å². The highest BCUT2D eigenvalue weighted by molar-refractivity contribution is 5.54. The standard InChI is InChI=1S/C16H25FN2O/c1-12(18-2)15-10-13(17)7-8-16(15)19(3)11-14-6-4-5-9-20-14/h7-8,10,12,14,18H,4-6,9,11H2,1-3H3. The van der Waals surface area contributed by atoms with Crippen LogP contribution in [-0.2, 0) is 4.74 Å². The van der Waals surface area contributed by atoms with E-state index in [2.05, 4.69) is 17.3 Å². The summed E-state index contributed by atoms with van der Waals surface area (Å²) >= 11 is 0. The molecular weight excluding hydrogens is 255 g/mol. The van der Waals surface area contributed by atoms with Gasteiger partial charge in [0.05, 0.1) is 6.10 Å². The van der Waals surface area contributed by atoms with Gasteiger partial charge in [0.25, 0.3) is 0 Å². The lowest BCUT2D eigenvalue weighted by Crippen LogP contribution is -2.34. The number of likely N-dealkylation sites (N-methyl/N-ethyl adjacent to an activating group) is 1. The molecule has 4 heteroatoms. The number of halogens is 1. The molecule has 0 radical (unpaired) electrons. The molecule has 2 rings (SSSR count). The van der Waals surface area contributed by atoms with Gasteiger partial charge < -0.3 is 15.0 Å². The summed E-state index contributed by atoms with van der Waals surface area (Å²) in [5, 5.41) is 3.18. The first-order chi connectivity index (χ1) is 9.61. The summed E-state index contributed by atoms with van der Waals surface area (Å²) in [6, 6.07) is 5.13. The molecule has 1 fully saturated rings. The van der Waals surface area contributed by atoms with E-state index < -0.39 is 0 Å². The summed E-state index contributed by atoms with van der Waals surface area (Å²) in [6.07, 6.45) is 3.81. The minimum absolute atomic E-state index is 0.121. The highest BCUT2D eigenvalue weighted by Crippen LogP contribution is 2.27. The van der Waals surface area contributed by atoms with Gasteiger partial charge in [-0.1, -0.05) is 0 Å². The van der Waals surface area contributed by atoms with E-state index in [0.717, 1.165) is 30.8 Å². The molecule has 20 heavy (non-hydrogen) atoms. The summed E-state index contributed by atoms with van der Waals surface area (Å²) in [6.45, 7) is 3.76. The molecule has 112 valence electrons. The molecule has 0 bridgehead atoms. The number of benzene rings is 1. The molecule has 2 unspecified atom stereocenters. The van der Waals surface area contributed by atoms with Gasteiger partial charge in [0.2, 0.25) is 0 Å². The van der Waals surface area contributed by atoms with Gasteiger partial charge in [-0.05, 0) is 57.0 Å². The molecule has 1 saturated heterocycles. The summed E-state index contributed by atoms with van der Waals surface area (Å²) in [5.41, 5.74) is 2.06. The Morgan fingerprint density at radius 2 is 2.25 bits per heavy atom. The Morgan fingerprint density at radius 1 is 1.45 bits per heavy atom. The fraction of sp³-hybridized carbons (Fsp3) is 0.625. The Morgan fingerprint density at radius 3 is 2.90 bits per heavy atom. The maximum atomic E-state index is 13.5. The van der Waals surface area contributed by atoms with Crippen LogP contribution in [0, 0.1) is 5.82 Å². The fourth-order valence-electron chi connectivity index (χ4n) is 2.73. The average molecular weight is 280 g/mol. The number of rotatable bonds is 5. The van der Waals surface area contributed by atoms with Crippen LogP contribution < -0.4 is 10.2 Å². The zero-order valence-electron chi connectivity index (χ0n) is 12.7. The number of hydrogen-bond donors (Lipinski definition) is 1. The first kappa shape index (κ1) is 15.3. The zero-order chi connectivity index (χ0) is 14.5. The predicted molar refractivity (Wildman–Crippen MR) is 80.7 cm³/mol. The molecule has 1 aromatic rings. The first-order valence-corrected chi connectivity index (χ1v) is 7.41. The van der Waals surface area contributed by atoms with Crippen LogP contribution in [0.5, 0.6) is 0 Å². The SMILES string of the molecule is CNC(C)c1cc(F)ccc1N(C)CC1CCCCO1. The van der Waals surface area contributed by atoms with Gasteiger partial charge in [-0.15, -0.1) is 0 Å². The van der Waals surface area contributed by atoms with Crippen molar-refractivity contribution in [3.8, 4) is 0 Å².